The number of halogens is 1. The summed E-state index contributed by atoms with van der Waals surface area (Å²) in [5, 5.41) is 3.55. The van der Waals surface area contributed by atoms with E-state index in [-0.39, 0.29) is 17.9 Å². The third kappa shape index (κ3) is 7.37. The van der Waals surface area contributed by atoms with E-state index in [1.807, 2.05) is 45.0 Å². The summed E-state index contributed by atoms with van der Waals surface area (Å²) in [5.74, 6) is 0.489. The van der Waals surface area contributed by atoms with E-state index in [9.17, 15) is 9.59 Å². The number of aryl methyl sites for hydroxylation is 1. The van der Waals surface area contributed by atoms with Gasteiger partial charge in [0, 0.05) is 34.7 Å². The summed E-state index contributed by atoms with van der Waals surface area (Å²) in [6.07, 6.45) is 0.897. The first-order chi connectivity index (χ1) is 14.3. The van der Waals surface area contributed by atoms with Crippen molar-refractivity contribution in [3.63, 3.8) is 0 Å². The Morgan fingerprint density at radius 3 is 2.37 bits per heavy atom. The lowest BCUT2D eigenvalue weighted by atomic mass is 10.1. The molecule has 0 aliphatic rings. The second-order valence-electron chi connectivity index (χ2n) is 7.61. The molecule has 6 heteroatoms. The Kier molecular flexibility index (Phi) is 9.73. The van der Waals surface area contributed by atoms with Gasteiger partial charge in [0.05, 0.1) is 0 Å². The molecule has 0 spiro atoms. The molecule has 0 aliphatic heterocycles. The predicted molar refractivity (Wildman–Crippen MR) is 126 cm³/mol. The van der Waals surface area contributed by atoms with Gasteiger partial charge in [-0.2, -0.15) is 0 Å². The van der Waals surface area contributed by atoms with Crippen LogP contribution >= 0.6 is 23.4 Å². The van der Waals surface area contributed by atoms with Gasteiger partial charge in [0.25, 0.3) is 0 Å². The summed E-state index contributed by atoms with van der Waals surface area (Å²) >= 11 is 7.99. The van der Waals surface area contributed by atoms with E-state index in [0.717, 1.165) is 10.5 Å². The van der Waals surface area contributed by atoms with Gasteiger partial charge >= 0.3 is 0 Å². The van der Waals surface area contributed by atoms with Gasteiger partial charge in [0.1, 0.15) is 6.04 Å². The summed E-state index contributed by atoms with van der Waals surface area (Å²) in [6.45, 7) is 8.14. The van der Waals surface area contributed by atoms with Crippen molar-refractivity contribution in [3.05, 3.63) is 64.7 Å². The fraction of sp³-hybridized carbons (Fsp3) is 0.417. The van der Waals surface area contributed by atoms with Gasteiger partial charge in [-0.3, -0.25) is 9.59 Å². The van der Waals surface area contributed by atoms with Crippen LogP contribution in [0.25, 0.3) is 0 Å². The van der Waals surface area contributed by atoms with Crippen molar-refractivity contribution in [1.29, 1.82) is 0 Å². The first-order valence-electron chi connectivity index (χ1n) is 10.3. The molecule has 2 amide bonds. The number of nitrogens with one attached hydrogen (secondary N) is 1. The molecule has 0 fully saturated rings. The monoisotopic (exact) mass is 446 g/mol. The molecule has 2 rings (SSSR count). The summed E-state index contributed by atoms with van der Waals surface area (Å²) in [7, 11) is 0. The number of thioether (sulfide) groups is 1. The minimum Gasteiger partial charge on any atom is -0.352 e. The topological polar surface area (TPSA) is 49.4 Å². The lowest BCUT2D eigenvalue weighted by Gasteiger charge is -2.31. The molecule has 1 N–H and O–H groups in total. The molecule has 162 valence electrons. The van der Waals surface area contributed by atoms with E-state index in [4.69, 9.17) is 11.6 Å². The quantitative estimate of drug-likeness (QED) is 0.493. The molecule has 0 saturated heterocycles. The molecular formula is C24H31ClN2O2S. The first kappa shape index (κ1) is 24.3. The van der Waals surface area contributed by atoms with E-state index in [0.29, 0.717) is 30.2 Å². The second kappa shape index (κ2) is 12.0. The highest BCUT2D eigenvalue weighted by molar-refractivity contribution is 7.99. The van der Waals surface area contributed by atoms with Crippen molar-refractivity contribution in [2.45, 2.75) is 64.1 Å². The average molecular weight is 447 g/mol. The van der Waals surface area contributed by atoms with Gasteiger partial charge in [0.15, 0.2) is 0 Å². The van der Waals surface area contributed by atoms with Crippen LogP contribution < -0.4 is 5.32 Å². The van der Waals surface area contributed by atoms with Crippen LogP contribution in [-0.2, 0) is 16.1 Å². The minimum absolute atomic E-state index is 0.0147. The third-order valence-corrected chi connectivity index (χ3v) is 6.10. The standard InChI is InChI=1S/C24H31ClN2O2S/c1-5-22(24(29)26-17(2)3)27(16-19-8-6-7-9-21(19)25)23(28)14-15-30-20-12-10-18(4)11-13-20/h6-13,17,22H,5,14-16H2,1-4H3,(H,26,29)/t22-/m1/s1. The number of carbonyl (C=O) groups excluding carboxylic acids is 2. The smallest absolute Gasteiger partial charge is 0.243 e. The minimum atomic E-state index is -0.527. The van der Waals surface area contributed by atoms with E-state index in [2.05, 4.69) is 36.5 Å². The highest BCUT2D eigenvalue weighted by Crippen LogP contribution is 2.23. The van der Waals surface area contributed by atoms with Gasteiger partial charge in [-0.25, -0.2) is 0 Å². The summed E-state index contributed by atoms with van der Waals surface area (Å²) in [5.41, 5.74) is 2.05. The van der Waals surface area contributed by atoms with Crippen LogP contribution in [0, 0.1) is 6.92 Å². The summed E-state index contributed by atoms with van der Waals surface area (Å²) in [4.78, 5) is 28.8. The maximum Gasteiger partial charge on any atom is 0.243 e. The Morgan fingerprint density at radius 2 is 1.77 bits per heavy atom. The normalized spacial score (nSPS) is 11.9. The molecule has 0 bridgehead atoms. The number of amides is 2. The highest BCUT2D eigenvalue weighted by atomic mass is 35.5. The lowest BCUT2D eigenvalue weighted by molar-refractivity contribution is -0.141. The molecule has 1 atom stereocenters. The van der Waals surface area contributed by atoms with Crippen molar-refractivity contribution in [1.82, 2.24) is 10.2 Å². The van der Waals surface area contributed by atoms with Crippen molar-refractivity contribution in [2.24, 2.45) is 0 Å². The average Bonchev–Trinajstić information content (AvgIpc) is 2.70. The highest BCUT2D eigenvalue weighted by Gasteiger charge is 2.29. The van der Waals surface area contributed by atoms with Crippen LogP contribution in [0.2, 0.25) is 5.02 Å². The van der Waals surface area contributed by atoms with E-state index in [1.54, 1.807) is 16.7 Å². The van der Waals surface area contributed by atoms with Crippen LogP contribution in [0.4, 0.5) is 0 Å². The zero-order chi connectivity index (χ0) is 22.1. The van der Waals surface area contributed by atoms with Gasteiger partial charge in [-0.15, -0.1) is 11.8 Å². The maximum atomic E-state index is 13.2. The molecule has 0 radical (unpaired) electrons. The second-order valence-corrected chi connectivity index (χ2v) is 9.19. The molecule has 4 nitrogen and oxygen atoms in total. The molecule has 0 aliphatic carbocycles. The van der Waals surface area contributed by atoms with E-state index in [1.165, 1.54) is 5.56 Å². The van der Waals surface area contributed by atoms with Crippen LogP contribution in [0.3, 0.4) is 0 Å². The van der Waals surface area contributed by atoms with Gasteiger partial charge in [0.2, 0.25) is 11.8 Å². The van der Waals surface area contributed by atoms with Crippen molar-refractivity contribution >= 4 is 35.2 Å². The Hall–Kier alpha value is -1.98. The molecule has 0 unspecified atom stereocenters. The van der Waals surface area contributed by atoms with E-state index >= 15 is 0 Å². The molecule has 0 aromatic heterocycles. The Labute approximate surface area is 189 Å². The van der Waals surface area contributed by atoms with Crippen LogP contribution in [0.15, 0.2) is 53.4 Å². The number of nitrogens with zero attached hydrogens (tertiary/aromatic N) is 1. The van der Waals surface area contributed by atoms with E-state index < -0.39 is 6.04 Å². The number of carbonyl (C=O) groups is 2. The van der Waals surface area contributed by atoms with Crippen LogP contribution in [0.1, 0.15) is 44.7 Å². The Balaban J connectivity index is 2.13. The number of benzene rings is 2. The van der Waals surface area contributed by atoms with Crippen LogP contribution in [0.5, 0.6) is 0 Å². The van der Waals surface area contributed by atoms with Crippen LogP contribution in [-0.4, -0.2) is 34.6 Å². The maximum absolute atomic E-state index is 13.2. The van der Waals surface area contributed by atoms with Crippen molar-refractivity contribution in [3.8, 4) is 0 Å². The third-order valence-electron chi connectivity index (χ3n) is 4.72. The molecule has 30 heavy (non-hydrogen) atoms. The number of hydrogen-bond donors (Lipinski definition) is 1. The number of hydrogen-bond acceptors (Lipinski definition) is 3. The molecule has 2 aromatic carbocycles. The van der Waals surface area contributed by atoms with Gasteiger partial charge in [-0.1, -0.05) is 54.4 Å². The molecular weight excluding hydrogens is 416 g/mol. The molecule has 2 aromatic rings. The fourth-order valence-electron chi connectivity index (χ4n) is 3.14. The fourth-order valence-corrected chi connectivity index (χ4v) is 4.18. The zero-order valence-corrected chi connectivity index (χ0v) is 19.7. The Bertz CT molecular complexity index is 839. The zero-order valence-electron chi connectivity index (χ0n) is 18.2. The number of rotatable bonds is 10. The Morgan fingerprint density at radius 1 is 1.10 bits per heavy atom. The molecule has 0 saturated carbocycles. The predicted octanol–water partition coefficient (Wildman–Crippen LogP) is 5.46. The van der Waals surface area contributed by atoms with Crippen molar-refractivity contribution in [2.75, 3.05) is 5.75 Å². The first-order valence-corrected chi connectivity index (χ1v) is 11.7. The van der Waals surface area contributed by atoms with Gasteiger partial charge in [-0.05, 0) is 51.0 Å². The lowest BCUT2D eigenvalue weighted by Crippen LogP contribution is -2.50. The summed E-state index contributed by atoms with van der Waals surface area (Å²) in [6, 6.07) is 15.2. The molecule has 0 heterocycles. The summed E-state index contributed by atoms with van der Waals surface area (Å²) < 4.78 is 0. The largest absolute Gasteiger partial charge is 0.352 e. The SMILES string of the molecule is CC[C@H](C(=O)NC(C)C)N(Cc1ccccc1Cl)C(=O)CCSc1ccc(C)cc1. The van der Waals surface area contributed by atoms with Crippen molar-refractivity contribution < 1.29 is 9.59 Å². The van der Waals surface area contributed by atoms with Gasteiger partial charge < -0.3 is 10.2 Å².